The molecule has 88 valence electrons. The average Bonchev–Trinajstić information content (AvgIpc) is 2.78. The molecule has 0 fully saturated rings. The summed E-state index contributed by atoms with van der Waals surface area (Å²) in [5.74, 6) is 0. The van der Waals surface area contributed by atoms with E-state index in [0.29, 0.717) is 0 Å². The van der Waals surface area contributed by atoms with Crippen LogP contribution in [0, 0.1) is 0 Å². The smallest absolute Gasteiger partial charge is 0.0645 e. The number of hydrogen-bond donors (Lipinski definition) is 1. The van der Waals surface area contributed by atoms with E-state index in [1.165, 1.54) is 5.56 Å². The predicted octanol–water partition coefficient (Wildman–Crippen LogP) is 2.54. The molecule has 0 unspecified atom stereocenters. The number of benzene rings is 1. The second-order valence-electron chi connectivity index (χ2n) is 4.19. The van der Waals surface area contributed by atoms with E-state index in [-0.39, 0.29) is 0 Å². The molecular weight excluding hydrogens is 210 g/mol. The summed E-state index contributed by atoms with van der Waals surface area (Å²) in [6.07, 6.45) is 3.93. The zero-order valence-electron chi connectivity index (χ0n) is 10.1. The number of rotatable bonds is 5. The molecule has 2 rings (SSSR count). The first-order valence-corrected chi connectivity index (χ1v) is 5.70. The van der Waals surface area contributed by atoms with Crippen LogP contribution in [-0.4, -0.2) is 16.3 Å². The van der Waals surface area contributed by atoms with Crippen molar-refractivity contribution in [2.45, 2.75) is 13.5 Å². The first-order valence-electron chi connectivity index (χ1n) is 5.70. The van der Waals surface area contributed by atoms with Gasteiger partial charge in [0.1, 0.15) is 0 Å². The van der Waals surface area contributed by atoms with Crippen molar-refractivity contribution in [3.8, 4) is 5.69 Å². The lowest BCUT2D eigenvalue weighted by Gasteiger charge is -2.01. The molecule has 1 N–H and O–H groups in total. The second kappa shape index (κ2) is 5.46. The molecule has 0 spiro atoms. The van der Waals surface area contributed by atoms with Crippen LogP contribution in [0.15, 0.2) is 54.9 Å². The molecule has 3 nitrogen and oxygen atoms in total. The van der Waals surface area contributed by atoms with Crippen molar-refractivity contribution in [1.29, 1.82) is 0 Å². The normalized spacial score (nSPS) is 10.4. The molecule has 0 aliphatic rings. The van der Waals surface area contributed by atoms with Crippen molar-refractivity contribution in [2.24, 2.45) is 0 Å². The third-order valence-electron chi connectivity index (χ3n) is 2.41. The highest BCUT2D eigenvalue weighted by atomic mass is 15.3. The first-order chi connectivity index (χ1) is 8.25. The summed E-state index contributed by atoms with van der Waals surface area (Å²) in [5, 5.41) is 7.65. The van der Waals surface area contributed by atoms with E-state index in [4.69, 9.17) is 0 Å². The van der Waals surface area contributed by atoms with Gasteiger partial charge in [0.05, 0.1) is 11.9 Å². The number of hydrogen-bond acceptors (Lipinski definition) is 2. The van der Waals surface area contributed by atoms with Crippen LogP contribution in [-0.2, 0) is 6.54 Å². The fourth-order valence-electron chi connectivity index (χ4n) is 1.59. The SMILES string of the molecule is C=C(C)CNCc1cnn(-c2ccccc2)c1. The highest BCUT2D eigenvalue weighted by Crippen LogP contribution is 2.07. The van der Waals surface area contributed by atoms with E-state index in [2.05, 4.69) is 17.0 Å². The van der Waals surface area contributed by atoms with Crippen LogP contribution in [0.5, 0.6) is 0 Å². The van der Waals surface area contributed by atoms with Crippen molar-refractivity contribution in [1.82, 2.24) is 15.1 Å². The van der Waals surface area contributed by atoms with Crippen molar-refractivity contribution >= 4 is 0 Å². The maximum absolute atomic E-state index is 4.34. The summed E-state index contributed by atoms with van der Waals surface area (Å²) >= 11 is 0. The lowest BCUT2D eigenvalue weighted by atomic mass is 10.3. The van der Waals surface area contributed by atoms with Crippen molar-refractivity contribution in [3.63, 3.8) is 0 Å². The lowest BCUT2D eigenvalue weighted by Crippen LogP contribution is -2.14. The quantitative estimate of drug-likeness (QED) is 0.795. The Morgan fingerprint density at radius 1 is 1.35 bits per heavy atom. The van der Waals surface area contributed by atoms with E-state index in [1.54, 1.807) is 0 Å². The molecule has 1 aromatic carbocycles. The van der Waals surface area contributed by atoms with Gasteiger partial charge in [0.25, 0.3) is 0 Å². The van der Waals surface area contributed by atoms with Crippen LogP contribution in [0.2, 0.25) is 0 Å². The molecule has 1 aromatic heterocycles. The minimum absolute atomic E-state index is 0.819. The maximum atomic E-state index is 4.34. The molecular formula is C14H17N3. The van der Waals surface area contributed by atoms with Crippen molar-refractivity contribution in [3.05, 3.63) is 60.4 Å². The predicted molar refractivity (Wildman–Crippen MR) is 70.1 cm³/mol. The summed E-state index contributed by atoms with van der Waals surface area (Å²) < 4.78 is 1.89. The van der Waals surface area contributed by atoms with Gasteiger partial charge in [-0.25, -0.2) is 4.68 Å². The third-order valence-corrected chi connectivity index (χ3v) is 2.41. The molecule has 0 radical (unpaired) electrons. The van der Waals surface area contributed by atoms with Gasteiger partial charge in [-0.3, -0.25) is 0 Å². The fraction of sp³-hybridized carbons (Fsp3) is 0.214. The molecule has 0 aliphatic carbocycles. The summed E-state index contributed by atoms with van der Waals surface area (Å²) in [5.41, 5.74) is 3.40. The average molecular weight is 227 g/mol. The van der Waals surface area contributed by atoms with Crippen molar-refractivity contribution < 1.29 is 0 Å². The molecule has 0 atom stereocenters. The Morgan fingerprint density at radius 3 is 2.82 bits per heavy atom. The zero-order chi connectivity index (χ0) is 12.1. The summed E-state index contributed by atoms with van der Waals surface area (Å²) in [7, 11) is 0. The van der Waals surface area contributed by atoms with Gasteiger partial charge in [0.2, 0.25) is 0 Å². The largest absolute Gasteiger partial charge is 0.309 e. The minimum atomic E-state index is 0.819. The van der Waals surface area contributed by atoms with E-state index < -0.39 is 0 Å². The molecule has 0 saturated heterocycles. The molecule has 17 heavy (non-hydrogen) atoms. The van der Waals surface area contributed by atoms with E-state index in [0.717, 1.165) is 24.4 Å². The number of nitrogens with zero attached hydrogens (tertiary/aromatic N) is 2. The Kier molecular flexibility index (Phi) is 3.73. The van der Waals surface area contributed by atoms with Crippen LogP contribution in [0.25, 0.3) is 5.69 Å². The van der Waals surface area contributed by atoms with E-state index >= 15 is 0 Å². The Balaban J connectivity index is 1.99. The second-order valence-corrected chi connectivity index (χ2v) is 4.19. The zero-order valence-corrected chi connectivity index (χ0v) is 10.1. The number of para-hydroxylation sites is 1. The highest BCUT2D eigenvalue weighted by molar-refractivity contribution is 5.30. The third kappa shape index (κ3) is 3.29. The summed E-state index contributed by atoms with van der Waals surface area (Å²) in [4.78, 5) is 0. The van der Waals surface area contributed by atoms with Crippen LogP contribution >= 0.6 is 0 Å². The minimum Gasteiger partial charge on any atom is -0.309 e. The molecule has 0 amide bonds. The van der Waals surface area contributed by atoms with Gasteiger partial charge in [0, 0.05) is 24.8 Å². The molecule has 0 aliphatic heterocycles. The van der Waals surface area contributed by atoms with Crippen LogP contribution < -0.4 is 5.32 Å². The van der Waals surface area contributed by atoms with Crippen LogP contribution in [0.3, 0.4) is 0 Å². The number of nitrogens with one attached hydrogen (secondary N) is 1. The molecule has 0 bridgehead atoms. The number of aromatic nitrogens is 2. The van der Waals surface area contributed by atoms with Crippen molar-refractivity contribution in [2.75, 3.05) is 6.54 Å². The lowest BCUT2D eigenvalue weighted by molar-refractivity contribution is 0.740. The Hall–Kier alpha value is -1.87. The highest BCUT2D eigenvalue weighted by Gasteiger charge is 1.99. The fourth-order valence-corrected chi connectivity index (χ4v) is 1.59. The van der Waals surface area contributed by atoms with Gasteiger partial charge in [-0.05, 0) is 19.1 Å². The van der Waals surface area contributed by atoms with Crippen LogP contribution in [0.1, 0.15) is 12.5 Å². The Morgan fingerprint density at radius 2 is 2.12 bits per heavy atom. The monoisotopic (exact) mass is 227 g/mol. The van der Waals surface area contributed by atoms with E-state index in [9.17, 15) is 0 Å². The van der Waals surface area contributed by atoms with Gasteiger partial charge in [-0.2, -0.15) is 5.10 Å². The topological polar surface area (TPSA) is 29.9 Å². The standard InChI is InChI=1S/C14H17N3/c1-12(2)8-15-9-13-10-16-17(11-13)14-6-4-3-5-7-14/h3-7,10-11,15H,1,8-9H2,2H3. The van der Waals surface area contributed by atoms with Gasteiger partial charge >= 0.3 is 0 Å². The maximum Gasteiger partial charge on any atom is 0.0645 e. The van der Waals surface area contributed by atoms with Gasteiger partial charge < -0.3 is 5.32 Å². The first kappa shape index (κ1) is 11.6. The summed E-state index contributed by atoms with van der Waals surface area (Å²) in [6, 6.07) is 10.1. The molecule has 2 aromatic rings. The molecule has 0 saturated carbocycles. The molecule has 1 heterocycles. The Bertz CT molecular complexity index is 485. The van der Waals surface area contributed by atoms with Gasteiger partial charge in [-0.15, -0.1) is 0 Å². The van der Waals surface area contributed by atoms with Gasteiger partial charge in [-0.1, -0.05) is 30.4 Å². The summed E-state index contributed by atoms with van der Waals surface area (Å²) in [6.45, 7) is 7.53. The van der Waals surface area contributed by atoms with Crippen LogP contribution in [0.4, 0.5) is 0 Å². The Labute approximate surface area is 102 Å². The van der Waals surface area contributed by atoms with E-state index in [1.807, 2.05) is 54.3 Å². The van der Waals surface area contributed by atoms with Gasteiger partial charge in [0.15, 0.2) is 0 Å². The molecule has 3 heteroatoms.